The third-order valence-corrected chi connectivity index (χ3v) is 3.83. The number of nitrogens with one attached hydrogen (secondary N) is 1. The van der Waals surface area contributed by atoms with Crippen molar-refractivity contribution < 1.29 is 8.78 Å². The molecule has 3 heteroatoms. The molecule has 1 aromatic rings. The van der Waals surface area contributed by atoms with Crippen LogP contribution in [-0.4, -0.2) is 12.5 Å². The first-order valence-electron chi connectivity index (χ1n) is 6.57. The summed E-state index contributed by atoms with van der Waals surface area (Å²) in [5.41, 5.74) is 1.02. The second kappa shape index (κ2) is 4.96. The number of halogens is 2. The minimum absolute atomic E-state index is 0.0326. The fraction of sp³-hybridized carbons (Fsp3) is 0.600. The molecule has 0 heterocycles. The van der Waals surface area contributed by atoms with Crippen molar-refractivity contribution in [2.75, 3.05) is 6.54 Å². The van der Waals surface area contributed by atoms with Gasteiger partial charge in [-0.15, -0.1) is 0 Å². The highest BCUT2D eigenvalue weighted by Crippen LogP contribution is 2.38. The summed E-state index contributed by atoms with van der Waals surface area (Å²) in [6, 6.07) is 10.1. The Balaban J connectivity index is 1.90. The Labute approximate surface area is 108 Å². The Hall–Kier alpha value is -0.960. The first kappa shape index (κ1) is 13.5. The van der Waals surface area contributed by atoms with Gasteiger partial charge in [0, 0.05) is 18.4 Å². The molecule has 0 aliphatic heterocycles. The van der Waals surface area contributed by atoms with Gasteiger partial charge in [0.05, 0.1) is 0 Å². The van der Waals surface area contributed by atoms with E-state index in [1.807, 2.05) is 18.2 Å². The molecule has 1 saturated carbocycles. The van der Waals surface area contributed by atoms with Gasteiger partial charge in [-0.3, -0.25) is 0 Å². The van der Waals surface area contributed by atoms with Gasteiger partial charge >= 0.3 is 0 Å². The highest BCUT2D eigenvalue weighted by Gasteiger charge is 2.39. The van der Waals surface area contributed by atoms with Crippen LogP contribution in [0.25, 0.3) is 0 Å². The molecule has 18 heavy (non-hydrogen) atoms. The second-order valence-corrected chi connectivity index (χ2v) is 5.84. The van der Waals surface area contributed by atoms with Crippen LogP contribution in [0.4, 0.5) is 8.78 Å². The largest absolute Gasteiger partial charge is 0.308 e. The Morgan fingerprint density at radius 3 is 2.50 bits per heavy atom. The van der Waals surface area contributed by atoms with E-state index in [0.29, 0.717) is 13.0 Å². The van der Waals surface area contributed by atoms with Gasteiger partial charge in [-0.25, -0.2) is 8.78 Å². The van der Waals surface area contributed by atoms with E-state index in [9.17, 15) is 8.78 Å². The summed E-state index contributed by atoms with van der Waals surface area (Å²) >= 11 is 0. The molecule has 1 N–H and O–H groups in total. The summed E-state index contributed by atoms with van der Waals surface area (Å²) in [5, 5.41) is 3.42. The number of hydrogen-bond donors (Lipinski definition) is 1. The van der Waals surface area contributed by atoms with Crippen molar-refractivity contribution in [3.8, 4) is 0 Å². The van der Waals surface area contributed by atoms with Gasteiger partial charge in [-0.1, -0.05) is 30.3 Å². The fourth-order valence-corrected chi connectivity index (χ4v) is 2.57. The minimum Gasteiger partial charge on any atom is -0.308 e. The molecule has 1 aliphatic carbocycles. The summed E-state index contributed by atoms with van der Waals surface area (Å²) in [6.07, 6.45) is 0.709. The quantitative estimate of drug-likeness (QED) is 0.856. The molecule has 1 nitrogen and oxygen atoms in total. The van der Waals surface area contributed by atoms with Crippen LogP contribution in [-0.2, 0) is 5.54 Å². The van der Waals surface area contributed by atoms with Gasteiger partial charge in [0.2, 0.25) is 5.92 Å². The van der Waals surface area contributed by atoms with Crippen LogP contribution in [0.2, 0.25) is 0 Å². The van der Waals surface area contributed by atoms with Crippen molar-refractivity contribution in [1.82, 2.24) is 5.32 Å². The van der Waals surface area contributed by atoms with E-state index < -0.39 is 5.92 Å². The van der Waals surface area contributed by atoms with Crippen LogP contribution in [0.1, 0.15) is 38.7 Å². The maximum absolute atomic E-state index is 13.1. The van der Waals surface area contributed by atoms with E-state index in [0.717, 1.165) is 0 Å². The number of benzene rings is 1. The van der Waals surface area contributed by atoms with Crippen LogP contribution in [0.5, 0.6) is 0 Å². The molecule has 1 aliphatic rings. The molecular weight excluding hydrogens is 232 g/mol. The van der Waals surface area contributed by atoms with Crippen LogP contribution in [0, 0.1) is 5.92 Å². The summed E-state index contributed by atoms with van der Waals surface area (Å²) in [4.78, 5) is 0. The van der Waals surface area contributed by atoms with Crippen LogP contribution >= 0.6 is 0 Å². The lowest BCUT2D eigenvalue weighted by Gasteiger charge is -2.28. The SMILES string of the molecule is CC(C)(NCC1CCC(F)(F)C1)c1ccccc1. The molecule has 0 radical (unpaired) electrons. The van der Waals surface area contributed by atoms with E-state index in [1.54, 1.807) is 0 Å². The Bertz CT molecular complexity index is 387. The van der Waals surface area contributed by atoms with Crippen molar-refractivity contribution in [3.05, 3.63) is 35.9 Å². The Morgan fingerprint density at radius 1 is 1.28 bits per heavy atom. The smallest absolute Gasteiger partial charge is 0.248 e. The van der Waals surface area contributed by atoms with Gasteiger partial charge in [-0.2, -0.15) is 0 Å². The van der Waals surface area contributed by atoms with E-state index in [1.165, 1.54) is 5.56 Å². The van der Waals surface area contributed by atoms with Gasteiger partial charge in [0.15, 0.2) is 0 Å². The van der Waals surface area contributed by atoms with Crippen molar-refractivity contribution in [1.29, 1.82) is 0 Å². The summed E-state index contributed by atoms with van der Waals surface area (Å²) in [6.45, 7) is 4.85. The maximum Gasteiger partial charge on any atom is 0.248 e. The van der Waals surface area contributed by atoms with Gasteiger partial charge in [0.1, 0.15) is 0 Å². The van der Waals surface area contributed by atoms with Crippen LogP contribution < -0.4 is 5.32 Å². The highest BCUT2D eigenvalue weighted by atomic mass is 19.3. The molecule has 1 atom stereocenters. The standard InChI is InChI=1S/C15H21F2N/c1-14(2,13-6-4-3-5-7-13)18-11-12-8-9-15(16,17)10-12/h3-7,12,18H,8-11H2,1-2H3. The lowest BCUT2D eigenvalue weighted by molar-refractivity contribution is 0.00481. The van der Waals surface area contributed by atoms with Crippen molar-refractivity contribution in [3.63, 3.8) is 0 Å². The molecule has 0 aromatic heterocycles. The zero-order valence-corrected chi connectivity index (χ0v) is 11.0. The van der Waals surface area contributed by atoms with E-state index in [2.05, 4.69) is 31.3 Å². The first-order valence-corrected chi connectivity index (χ1v) is 6.57. The maximum atomic E-state index is 13.1. The first-order chi connectivity index (χ1) is 8.39. The summed E-state index contributed by atoms with van der Waals surface area (Å²) in [7, 11) is 0. The zero-order valence-electron chi connectivity index (χ0n) is 11.0. The topological polar surface area (TPSA) is 12.0 Å². The van der Waals surface area contributed by atoms with Gasteiger partial charge in [-0.05, 0) is 38.3 Å². The monoisotopic (exact) mass is 253 g/mol. The number of rotatable bonds is 4. The van der Waals surface area contributed by atoms with Gasteiger partial charge < -0.3 is 5.32 Å². The zero-order chi connectivity index (χ0) is 13.2. The molecule has 2 rings (SSSR count). The van der Waals surface area contributed by atoms with E-state index >= 15 is 0 Å². The summed E-state index contributed by atoms with van der Waals surface area (Å²) < 4.78 is 26.2. The lowest BCUT2D eigenvalue weighted by atomic mass is 9.93. The number of alkyl halides is 2. The predicted octanol–water partition coefficient (Wildman–Crippen LogP) is 3.95. The summed E-state index contributed by atoms with van der Waals surface area (Å²) in [5.74, 6) is -2.34. The van der Waals surface area contributed by atoms with Crippen molar-refractivity contribution >= 4 is 0 Å². The van der Waals surface area contributed by atoms with Crippen LogP contribution in [0.15, 0.2) is 30.3 Å². The van der Waals surface area contributed by atoms with Crippen molar-refractivity contribution in [2.24, 2.45) is 5.92 Å². The van der Waals surface area contributed by atoms with E-state index in [4.69, 9.17) is 0 Å². The Kier molecular flexibility index (Phi) is 3.71. The average molecular weight is 253 g/mol. The van der Waals surface area contributed by atoms with E-state index in [-0.39, 0.29) is 24.3 Å². The average Bonchev–Trinajstić information content (AvgIpc) is 2.68. The number of hydrogen-bond acceptors (Lipinski definition) is 1. The predicted molar refractivity (Wildman–Crippen MR) is 69.8 cm³/mol. The normalized spacial score (nSPS) is 23.2. The fourth-order valence-electron chi connectivity index (χ4n) is 2.57. The van der Waals surface area contributed by atoms with Gasteiger partial charge in [0.25, 0.3) is 0 Å². The molecule has 0 amide bonds. The third-order valence-electron chi connectivity index (χ3n) is 3.83. The van der Waals surface area contributed by atoms with Crippen LogP contribution in [0.3, 0.4) is 0 Å². The molecule has 1 fully saturated rings. The van der Waals surface area contributed by atoms with Crippen molar-refractivity contribution in [2.45, 2.75) is 44.6 Å². The lowest BCUT2D eigenvalue weighted by Crippen LogP contribution is -2.39. The highest BCUT2D eigenvalue weighted by molar-refractivity contribution is 5.22. The molecule has 0 spiro atoms. The molecular formula is C15H21F2N. The molecule has 1 unspecified atom stereocenters. The second-order valence-electron chi connectivity index (χ2n) is 5.84. The molecule has 0 saturated heterocycles. The third kappa shape index (κ3) is 3.29. The minimum atomic E-state index is -2.44. The molecule has 1 aromatic carbocycles. The Morgan fingerprint density at radius 2 is 1.94 bits per heavy atom. The molecule has 0 bridgehead atoms. The molecule has 100 valence electrons.